The summed E-state index contributed by atoms with van der Waals surface area (Å²) in [6.07, 6.45) is -13.7. The zero-order chi connectivity index (χ0) is 90.0. The van der Waals surface area contributed by atoms with E-state index in [4.69, 9.17) is 23.5 Å². The van der Waals surface area contributed by atoms with E-state index >= 15 is 44.7 Å². The van der Waals surface area contributed by atoms with E-state index in [9.17, 15) is 51.9 Å². The highest BCUT2D eigenvalue weighted by Crippen LogP contribution is 2.47. The number of alkyl carbamates (subject to hydrolysis) is 2. The molecule has 0 radical (unpaired) electrons. The average molecular weight is 1740 g/mol. The molecule has 121 heavy (non-hydrogen) atoms. The topological polar surface area (TPSA) is 372 Å². The molecule has 30 nitrogen and oxygen atoms in total. The van der Waals surface area contributed by atoms with Crippen molar-refractivity contribution in [3.05, 3.63) is 124 Å². The number of amides is 5. The van der Waals surface area contributed by atoms with Gasteiger partial charge in [-0.3, -0.25) is 44.1 Å². The highest BCUT2D eigenvalue weighted by Gasteiger charge is 2.58. The highest BCUT2D eigenvalue weighted by molar-refractivity contribution is 7.46. The van der Waals surface area contributed by atoms with Crippen molar-refractivity contribution in [1.29, 1.82) is 0 Å². The van der Waals surface area contributed by atoms with Gasteiger partial charge >= 0.3 is 56.8 Å². The number of halogens is 10. The molecule has 0 saturated carbocycles. The van der Waals surface area contributed by atoms with Crippen LogP contribution in [0.15, 0.2) is 73.2 Å². The van der Waals surface area contributed by atoms with Crippen LogP contribution in [0.5, 0.6) is 5.75 Å². The fraction of sp³-hybridized carbons (Fsp3) is 0.562. The lowest BCUT2D eigenvalue weighted by atomic mass is 9.77. The molecule has 7 atom stereocenters. The van der Waals surface area contributed by atoms with Crippen LogP contribution in [-0.2, 0) is 86.6 Å². The Morgan fingerprint density at radius 2 is 1.26 bits per heavy atom. The Bertz CT molecular complexity index is 4640. The van der Waals surface area contributed by atoms with Gasteiger partial charge in [0.05, 0.1) is 81.0 Å². The van der Waals surface area contributed by atoms with Gasteiger partial charge in [0.25, 0.3) is 5.91 Å². The molecule has 3 fully saturated rings. The maximum Gasteiger partial charge on any atom is 0.524 e. The quantitative estimate of drug-likeness (QED) is 0.00512. The van der Waals surface area contributed by atoms with Gasteiger partial charge < -0.3 is 59.1 Å². The van der Waals surface area contributed by atoms with Crippen molar-refractivity contribution in [3.63, 3.8) is 0 Å². The van der Waals surface area contributed by atoms with Crippen LogP contribution < -0.4 is 36.1 Å². The first-order valence-electron chi connectivity index (χ1n) is 38.4. The predicted octanol–water partition coefficient (Wildman–Crippen LogP) is 10.6. The van der Waals surface area contributed by atoms with Gasteiger partial charge in [-0.05, 0) is 161 Å². The molecule has 3 aliphatic heterocycles. The number of piperazine rings is 1. The number of hydrazine groups is 1. The molecule has 3 saturated heterocycles. The van der Waals surface area contributed by atoms with E-state index in [0.29, 0.717) is 101 Å². The van der Waals surface area contributed by atoms with Gasteiger partial charge in [-0.25, -0.2) is 47.4 Å². The minimum atomic E-state index is -5.66. The number of hydrogen-bond donors (Lipinski definition) is 7. The van der Waals surface area contributed by atoms with Gasteiger partial charge in [-0.1, -0.05) is 43.9 Å². The Kier molecular flexibility index (Phi) is 30.9. The van der Waals surface area contributed by atoms with E-state index in [2.05, 4.69) is 62.2 Å². The standard InChI is InChI=1S/C80H101F10N12O18P/c1-44-29-49(34-61(103)93-57(69(108)119-75(5,6)7)17-16-18-62(104)118-74(2,3)4)64(59(30-44)120-121(111,112)113)76(8,9)35-63(105)117-60(41-100(98-68(107)66(96-73(110)115-15)78(12,13)80(88,89)90)40-53-54(81)32-48(33-55(53)82)56-27-28-101(97-56)70(83)84)58(94-67(106)65(95-72(109)114-14)77(10,11)79(85,86)87)31-46-22-19-45(20-23-46)21-24-47-36-91-71(92-37-47)99-38-50-25-26-51(39-99)102(50)52-42-116-43-52/h19-20,22-23,27-30,32-33,36-37,50-52,57-58,60,65-66,70H,16-18,25-26,31,34-35,38-43H2,1-15H3,(H,93,103)(H,94,106)(H,95,109)(H,96,110)(H,98,107)(H2,111,112,113)/t50?,51?,57?,58-,60-,65+,66+/m0/s1. The lowest BCUT2D eigenvalue weighted by Crippen LogP contribution is -2.64. The van der Waals surface area contributed by atoms with Gasteiger partial charge in [0, 0.05) is 84.4 Å². The highest BCUT2D eigenvalue weighted by atomic mass is 31.2. The lowest BCUT2D eigenvalue weighted by Gasteiger charge is -2.47. The molecule has 7 N–H and O–H groups in total. The van der Waals surface area contributed by atoms with E-state index in [1.165, 1.54) is 63.5 Å². The Balaban J connectivity index is 1.27. The van der Waals surface area contributed by atoms with Gasteiger partial charge in [-0.15, -0.1) is 0 Å². The molecular formula is C80H101F10N12O18P. The summed E-state index contributed by atoms with van der Waals surface area (Å²) >= 11 is 0. The number of esters is 3. The minimum Gasteiger partial charge on any atom is -0.460 e. The smallest absolute Gasteiger partial charge is 0.460 e. The van der Waals surface area contributed by atoms with E-state index in [0.717, 1.165) is 45.4 Å². The summed E-state index contributed by atoms with van der Waals surface area (Å²) in [6, 6.07) is 2.09. The third kappa shape index (κ3) is 26.2. The number of phosphoric ester groups is 1. The van der Waals surface area contributed by atoms with Crippen molar-refractivity contribution in [2.45, 2.75) is 232 Å². The predicted molar refractivity (Wildman–Crippen MR) is 414 cm³/mol. The summed E-state index contributed by atoms with van der Waals surface area (Å²) < 4.78 is 204. The Morgan fingerprint density at radius 1 is 0.702 bits per heavy atom. The number of benzene rings is 3. The summed E-state index contributed by atoms with van der Waals surface area (Å²) in [7, 11) is -4.18. The van der Waals surface area contributed by atoms with Crippen molar-refractivity contribution < 1.29 is 130 Å². The molecule has 0 aliphatic carbocycles. The van der Waals surface area contributed by atoms with E-state index in [-0.39, 0.29) is 51.8 Å². The molecule has 0 spiro atoms. The number of carbonyl (C=O) groups excluding carboxylic acids is 8. The third-order valence-electron chi connectivity index (χ3n) is 20.4. The lowest BCUT2D eigenvalue weighted by molar-refractivity contribution is -0.221. The fourth-order valence-electron chi connectivity index (χ4n) is 14.1. The van der Waals surface area contributed by atoms with Crippen molar-refractivity contribution >= 4 is 61.6 Å². The normalized spacial score (nSPS) is 16.9. The molecule has 41 heteroatoms. The van der Waals surface area contributed by atoms with Gasteiger partial charge in [-0.2, -0.15) is 40.2 Å². The first-order chi connectivity index (χ1) is 56.0. The number of rotatable bonds is 33. The van der Waals surface area contributed by atoms with Crippen LogP contribution in [0.2, 0.25) is 0 Å². The maximum absolute atomic E-state index is 17.0. The van der Waals surface area contributed by atoms with Crippen LogP contribution in [0.3, 0.4) is 0 Å². The Labute approximate surface area is 692 Å². The first kappa shape index (κ1) is 96.3. The summed E-state index contributed by atoms with van der Waals surface area (Å²) in [4.78, 5) is 148. The van der Waals surface area contributed by atoms with Crippen molar-refractivity contribution in [2.24, 2.45) is 10.8 Å². The molecule has 3 aliphatic rings. The fourth-order valence-corrected chi connectivity index (χ4v) is 14.5. The second kappa shape index (κ2) is 38.9. The van der Waals surface area contributed by atoms with Gasteiger partial charge in [0.2, 0.25) is 17.8 Å². The van der Waals surface area contributed by atoms with Crippen molar-refractivity contribution in [3.8, 4) is 28.8 Å². The summed E-state index contributed by atoms with van der Waals surface area (Å²) in [5.41, 5.74) is -10.1. The molecule has 664 valence electrons. The number of phosphoric acid groups is 1. The van der Waals surface area contributed by atoms with Gasteiger partial charge in [0.15, 0.2) is 0 Å². The van der Waals surface area contributed by atoms with Crippen molar-refractivity contribution in [1.82, 2.24) is 56.4 Å². The SMILES string of the molecule is COC(=O)N[C@H](C(=O)N[C@@H](Cc1ccc(C#Cc2cnc(N3CC4CCC(C3)N4C3COC3)nc2)cc1)[C@H](CN(Cc1c(F)cc(-c2ccn(C(F)F)n2)cc1F)NC(=O)[C@@H](NC(=O)OC)C(C)(C)C(F)(F)F)OC(=O)CC(C)(C)c1c(CC(=O)NC(CCCC(=O)OC(C)(C)C)C(=O)OC(C)(C)C)cc(C)cc1OP(=O)(O)O)C(C)(C)C(F)(F)F. The van der Waals surface area contributed by atoms with E-state index < -0.39 is 199 Å². The van der Waals surface area contributed by atoms with Crippen LogP contribution in [0.25, 0.3) is 11.3 Å². The second-order valence-corrected chi connectivity index (χ2v) is 34.7. The average Bonchev–Trinajstić information content (AvgIpc) is 1.54. The molecule has 5 heterocycles. The molecule has 3 aromatic carbocycles. The summed E-state index contributed by atoms with van der Waals surface area (Å²) in [6.45, 7) is 12.2. The van der Waals surface area contributed by atoms with E-state index in [1.54, 1.807) is 46.9 Å². The molecule has 8 rings (SSSR count). The number of methoxy groups -OCH3 is 2. The minimum absolute atomic E-state index is 0.0352. The van der Waals surface area contributed by atoms with Crippen LogP contribution in [0, 0.1) is 41.2 Å². The van der Waals surface area contributed by atoms with Crippen LogP contribution >= 0.6 is 7.82 Å². The Hall–Kier alpha value is -10.2. The summed E-state index contributed by atoms with van der Waals surface area (Å²) in [5.74, 6) is -5.03. The maximum atomic E-state index is 17.0. The number of ether oxygens (including phenoxy) is 6. The molecule has 2 bridgehead atoms. The zero-order valence-electron chi connectivity index (χ0n) is 69.3. The first-order valence-corrected chi connectivity index (χ1v) is 39.9. The number of aromatic nitrogens is 4. The monoisotopic (exact) mass is 1740 g/mol. The number of nitrogens with one attached hydrogen (secondary N) is 5. The number of hydrogen-bond acceptors (Lipinski definition) is 22. The number of aryl methyl sites for hydroxylation is 1. The third-order valence-corrected chi connectivity index (χ3v) is 20.8. The van der Waals surface area contributed by atoms with E-state index in [1.807, 2.05) is 5.32 Å². The molecule has 5 aromatic rings. The number of fused-ring (bicyclic) bond motifs is 2. The van der Waals surface area contributed by atoms with Gasteiger partial charge in [0.1, 0.15) is 52.8 Å². The van der Waals surface area contributed by atoms with Crippen LogP contribution in [0.4, 0.5) is 59.4 Å². The van der Waals surface area contributed by atoms with Crippen molar-refractivity contribution in [2.75, 3.05) is 52.0 Å². The Morgan fingerprint density at radius 3 is 1.76 bits per heavy atom. The zero-order valence-corrected chi connectivity index (χ0v) is 70.2. The van der Waals surface area contributed by atoms with Crippen LogP contribution in [0.1, 0.15) is 167 Å². The molecule has 2 aromatic heterocycles. The summed E-state index contributed by atoms with van der Waals surface area (Å²) in [5, 5.41) is 12.7. The number of anilines is 1. The molecule has 3 unspecified atom stereocenters. The number of nitrogens with zero attached hydrogens (tertiary/aromatic N) is 7. The second-order valence-electron chi connectivity index (χ2n) is 33.6. The largest absolute Gasteiger partial charge is 0.524 e. The molecular weight excluding hydrogens is 1640 g/mol. The number of alkyl halides is 8. The number of carbonyl (C=O) groups is 8. The van der Waals surface area contributed by atoms with Crippen LogP contribution in [-0.4, -0.2) is 206 Å². The molecule has 5 amide bonds.